The summed E-state index contributed by atoms with van der Waals surface area (Å²) in [6.45, 7) is -2.25. The Morgan fingerprint density at radius 2 is 1.78 bits per heavy atom. The summed E-state index contributed by atoms with van der Waals surface area (Å²) in [7, 11) is -17.2. The van der Waals surface area contributed by atoms with E-state index in [1.54, 1.807) is 0 Å². The van der Waals surface area contributed by atoms with Gasteiger partial charge in [0.1, 0.15) is 18.4 Å². The maximum absolute atomic E-state index is 13.9. The molecule has 17 nitrogen and oxygen atoms in total. The highest BCUT2D eigenvalue weighted by molar-refractivity contribution is 7.66. The molecule has 2 heterocycles. The minimum atomic E-state index is -5.87. The van der Waals surface area contributed by atoms with Crippen molar-refractivity contribution in [3.05, 3.63) is 33.1 Å². The third kappa shape index (κ3) is 6.07. The van der Waals surface area contributed by atoms with Crippen LogP contribution in [0.3, 0.4) is 0 Å². The van der Waals surface area contributed by atoms with E-state index in [0.717, 1.165) is 19.2 Å². The first-order valence-corrected chi connectivity index (χ1v) is 12.6. The molecule has 1 aliphatic rings. The quantitative estimate of drug-likeness (QED) is 0.174. The number of aliphatic hydroxyl groups is 2. The summed E-state index contributed by atoms with van der Waals surface area (Å²) in [5.41, 5.74) is -7.06. The highest BCUT2D eigenvalue weighted by Crippen LogP contribution is 2.66. The van der Waals surface area contributed by atoms with Gasteiger partial charge in [-0.3, -0.25) is 18.9 Å². The molecule has 184 valence electrons. The molecule has 2 unspecified atom stereocenters. The van der Waals surface area contributed by atoms with Crippen molar-refractivity contribution in [2.24, 2.45) is 0 Å². The van der Waals surface area contributed by atoms with E-state index in [2.05, 4.69) is 13.1 Å². The van der Waals surface area contributed by atoms with Gasteiger partial charge in [-0.15, -0.1) is 0 Å². The van der Waals surface area contributed by atoms with Gasteiger partial charge in [0.25, 0.3) is 5.56 Å². The zero-order valence-electron chi connectivity index (χ0n) is 15.7. The number of alkyl halides is 1. The molecule has 7 N–H and O–H groups in total. The number of H-pyrrole nitrogens is 1. The number of hydrogen-bond donors (Lipinski definition) is 7. The van der Waals surface area contributed by atoms with Crippen molar-refractivity contribution < 1.29 is 65.8 Å². The first kappa shape index (κ1) is 27.1. The molecule has 2 rings (SSSR count). The molecule has 0 saturated carbocycles. The number of nitrogens with zero attached hydrogens (tertiary/aromatic N) is 1. The van der Waals surface area contributed by atoms with Gasteiger partial charge in [0.15, 0.2) is 11.8 Å². The van der Waals surface area contributed by atoms with Crippen molar-refractivity contribution in [2.75, 3.05) is 13.3 Å². The van der Waals surface area contributed by atoms with Crippen LogP contribution in [-0.4, -0.2) is 69.9 Å². The summed E-state index contributed by atoms with van der Waals surface area (Å²) in [6, 6.07) is 0.842. The fourth-order valence-electron chi connectivity index (χ4n) is 2.77. The summed E-state index contributed by atoms with van der Waals surface area (Å²) in [6.07, 6.45) is -3.26. The number of hydrogen-bond acceptors (Lipinski definition) is 11. The van der Waals surface area contributed by atoms with E-state index in [4.69, 9.17) is 19.4 Å². The number of nitrogens with one attached hydrogen (secondary N) is 1. The lowest BCUT2D eigenvalue weighted by Crippen LogP contribution is -2.53. The van der Waals surface area contributed by atoms with E-state index in [1.165, 1.54) is 0 Å². The molecule has 6 atom stereocenters. The molecule has 0 radical (unpaired) electrons. The minimum Gasteiger partial charge on any atom is -0.387 e. The van der Waals surface area contributed by atoms with Crippen molar-refractivity contribution in [3.8, 4) is 0 Å². The topological polar surface area (TPSA) is 264 Å². The van der Waals surface area contributed by atoms with Crippen LogP contribution in [0.4, 0.5) is 4.39 Å². The van der Waals surface area contributed by atoms with Gasteiger partial charge in [-0.2, -0.15) is 8.62 Å². The van der Waals surface area contributed by atoms with Crippen LogP contribution < -0.4 is 11.2 Å². The SMILES string of the molecule is C[C@@]1(O)[C@H](O)[C@@](CF)(COP(=O)(O)OP(=O)(O)OP(=O)(O)O)O[C@H]1n1ccc(=O)[nH]c1=O. The van der Waals surface area contributed by atoms with Gasteiger partial charge in [0, 0.05) is 12.3 Å². The van der Waals surface area contributed by atoms with Gasteiger partial charge in [0.2, 0.25) is 0 Å². The molecule has 1 saturated heterocycles. The highest BCUT2D eigenvalue weighted by atomic mass is 31.3. The number of phosphoric ester groups is 1. The lowest BCUT2D eigenvalue weighted by Gasteiger charge is -2.31. The zero-order valence-corrected chi connectivity index (χ0v) is 18.4. The van der Waals surface area contributed by atoms with Crippen LogP contribution in [-0.2, 0) is 31.6 Å². The standard InChI is InChI=1S/C11H18FN2O15P3/c1-10(18)7(16)11(4-12,27-8(10)14-3-2-6(15)13-9(14)17)5-26-31(22,23)29-32(24,25)28-30(19,20)21/h2-3,7-8,16,18H,4-5H2,1H3,(H,22,23)(H,24,25)(H,13,15,17)(H2,19,20,21)/t7-,8+,10+,11+/m0/s1. The van der Waals surface area contributed by atoms with E-state index in [0.29, 0.717) is 4.57 Å². The second-order valence-corrected chi connectivity index (χ2v) is 11.1. The van der Waals surface area contributed by atoms with Crippen molar-refractivity contribution in [2.45, 2.75) is 30.5 Å². The zero-order chi connectivity index (χ0) is 24.8. The van der Waals surface area contributed by atoms with Crippen LogP contribution in [0.5, 0.6) is 0 Å². The van der Waals surface area contributed by atoms with Crippen LogP contribution in [0, 0.1) is 0 Å². The normalized spacial score (nSPS) is 32.4. The van der Waals surface area contributed by atoms with Gasteiger partial charge < -0.3 is 34.5 Å². The fraction of sp³-hybridized carbons (Fsp3) is 0.636. The molecular weight excluding hydrogens is 512 g/mol. The van der Waals surface area contributed by atoms with Crippen LogP contribution in [0.2, 0.25) is 0 Å². The number of halogens is 1. The average molecular weight is 530 g/mol. The summed E-state index contributed by atoms with van der Waals surface area (Å²) >= 11 is 0. The largest absolute Gasteiger partial charge is 0.490 e. The highest BCUT2D eigenvalue weighted by Gasteiger charge is 2.63. The molecule has 0 aromatic carbocycles. The third-order valence-electron chi connectivity index (χ3n) is 4.12. The Morgan fingerprint density at radius 1 is 1.19 bits per heavy atom. The van der Waals surface area contributed by atoms with E-state index in [9.17, 15) is 42.8 Å². The maximum atomic E-state index is 13.9. The summed E-state index contributed by atoms with van der Waals surface area (Å²) in [5, 5.41) is 21.0. The van der Waals surface area contributed by atoms with Crippen LogP contribution in [0.1, 0.15) is 13.2 Å². The number of aromatic amines is 1. The smallest absolute Gasteiger partial charge is 0.387 e. The van der Waals surface area contributed by atoms with E-state index in [1.807, 2.05) is 4.98 Å². The number of aliphatic hydroxyl groups excluding tert-OH is 1. The second-order valence-electron chi connectivity index (χ2n) is 6.68. The summed E-state index contributed by atoms with van der Waals surface area (Å²) in [4.78, 5) is 60.6. The minimum absolute atomic E-state index is 0.576. The first-order valence-electron chi connectivity index (χ1n) is 8.08. The maximum Gasteiger partial charge on any atom is 0.490 e. The summed E-state index contributed by atoms with van der Waals surface area (Å²) in [5.74, 6) is 0. The van der Waals surface area contributed by atoms with Crippen molar-refractivity contribution in [1.82, 2.24) is 9.55 Å². The average Bonchev–Trinajstić information content (AvgIpc) is 2.78. The molecule has 0 amide bonds. The molecule has 21 heteroatoms. The van der Waals surface area contributed by atoms with Crippen molar-refractivity contribution >= 4 is 23.5 Å². The van der Waals surface area contributed by atoms with Gasteiger partial charge in [-0.1, -0.05) is 0 Å². The molecular formula is C11H18FN2O15P3. The monoisotopic (exact) mass is 530 g/mol. The predicted octanol–water partition coefficient (Wildman–Crippen LogP) is -1.77. The molecule has 0 bridgehead atoms. The number of aromatic nitrogens is 2. The Bertz CT molecular complexity index is 1110. The number of ether oxygens (including phenoxy) is 1. The Labute approximate surface area is 176 Å². The molecule has 1 aromatic heterocycles. The van der Waals surface area contributed by atoms with Crippen LogP contribution in [0.15, 0.2) is 21.9 Å². The van der Waals surface area contributed by atoms with Gasteiger partial charge >= 0.3 is 29.2 Å². The van der Waals surface area contributed by atoms with E-state index in [-0.39, 0.29) is 0 Å². The second kappa shape index (κ2) is 8.92. The Morgan fingerprint density at radius 3 is 2.28 bits per heavy atom. The lowest BCUT2D eigenvalue weighted by atomic mass is 9.88. The number of rotatable bonds is 9. The van der Waals surface area contributed by atoms with Gasteiger partial charge in [0.05, 0.1) is 6.61 Å². The molecule has 1 fully saturated rings. The van der Waals surface area contributed by atoms with Crippen LogP contribution in [0.25, 0.3) is 0 Å². The van der Waals surface area contributed by atoms with Crippen LogP contribution >= 0.6 is 23.5 Å². The fourth-order valence-corrected chi connectivity index (χ4v) is 5.85. The Balaban J connectivity index is 2.28. The molecule has 32 heavy (non-hydrogen) atoms. The third-order valence-corrected chi connectivity index (χ3v) is 7.90. The molecule has 1 aromatic rings. The molecule has 1 aliphatic heterocycles. The molecule has 0 spiro atoms. The van der Waals surface area contributed by atoms with Crippen molar-refractivity contribution in [1.29, 1.82) is 0 Å². The first-order chi connectivity index (χ1) is 14.3. The predicted molar refractivity (Wildman–Crippen MR) is 96.6 cm³/mol. The van der Waals surface area contributed by atoms with Gasteiger partial charge in [-0.25, -0.2) is 22.9 Å². The summed E-state index contributed by atoms with van der Waals surface area (Å²) < 4.78 is 64.8. The van der Waals surface area contributed by atoms with E-state index < -0.39 is 71.5 Å². The lowest BCUT2D eigenvalue weighted by molar-refractivity contribution is -0.138. The van der Waals surface area contributed by atoms with Gasteiger partial charge in [-0.05, 0) is 6.92 Å². The van der Waals surface area contributed by atoms with Crippen molar-refractivity contribution in [3.63, 3.8) is 0 Å². The van der Waals surface area contributed by atoms with E-state index >= 15 is 0 Å². The Hall–Kier alpha value is -1.10. The molecule has 0 aliphatic carbocycles. The number of phosphoric acid groups is 3. The Kier molecular flexibility index (Phi) is 7.57.